The number of nitrogens with one attached hydrogen (secondary N) is 1. The van der Waals surface area contributed by atoms with Crippen molar-refractivity contribution in [1.82, 2.24) is 5.32 Å². The third-order valence-corrected chi connectivity index (χ3v) is 4.00. The maximum Gasteiger partial charge on any atom is 0.373 e. The monoisotopic (exact) mass is 293 g/mol. The molecule has 0 radical (unpaired) electrons. The molecule has 0 aliphatic carbocycles. The normalized spacial score (nSPS) is 12.3. The topological polar surface area (TPSA) is 51.5 Å². The second-order valence-electron chi connectivity index (χ2n) is 4.76. The highest BCUT2D eigenvalue weighted by atomic mass is 32.1. The van der Waals surface area contributed by atoms with E-state index in [1.54, 1.807) is 12.1 Å². The molecule has 20 heavy (non-hydrogen) atoms. The second kappa shape index (κ2) is 6.72. The fraction of sp³-hybridized carbons (Fsp3) is 0.400. The number of carbonyl (C=O) groups excluding carboxylic acids is 1. The van der Waals surface area contributed by atoms with Crippen LogP contribution in [0.1, 0.15) is 33.0 Å². The van der Waals surface area contributed by atoms with E-state index in [-0.39, 0.29) is 5.76 Å². The third kappa shape index (κ3) is 3.95. The number of esters is 1. The van der Waals surface area contributed by atoms with Gasteiger partial charge in [-0.05, 0) is 44.5 Å². The van der Waals surface area contributed by atoms with Crippen molar-refractivity contribution in [2.24, 2.45) is 0 Å². The van der Waals surface area contributed by atoms with Crippen LogP contribution < -0.4 is 5.32 Å². The molecular weight excluding hydrogens is 274 g/mol. The number of carbonyl (C=O) groups is 1. The van der Waals surface area contributed by atoms with E-state index >= 15 is 0 Å². The number of furan rings is 1. The molecule has 0 amide bonds. The lowest BCUT2D eigenvalue weighted by atomic mass is 10.2. The lowest BCUT2D eigenvalue weighted by molar-refractivity contribution is 0.0563. The van der Waals surface area contributed by atoms with E-state index in [0.29, 0.717) is 12.6 Å². The van der Waals surface area contributed by atoms with E-state index in [9.17, 15) is 4.79 Å². The summed E-state index contributed by atoms with van der Waals surface area (Å²) in [5.74, 6) is 0.531. The van der Waals surface area contributed by atoms with Crippen molar-refractivity contribution < 1.29 is 13.9 Å². The first-order chi connectivity index (χ1) is 9.58. The molecule has 0 aliphatic heterocycles. The zero-order valence-corrected chi connectivity index (χ0v) is 12.8. The van der Waals surface area contributed by atoms with Crippen molar-refractivity contribution in [3.8, 4) is 0 Å². The van der Waals surface area contributed by atoms with Crippen molar-refractivity contribution in [2.75, 3.05) is 7.11 Å². The Kier molecular flexibility index (Phi) is 4.98. The van der Waals surface area contributed by atoms with Gasteiger partial charge in [-0.15, -0.1) is 11.3 Å². The summed E-state index contributed by atoms with van der Waals surface area (Å²) in [6.07, 6.45) is 0.989. The number of methoxy groups -OCH3 is 1. The minimum atomic E-state index is -0.446. The highest BCUT2D eigenvalue weighted by Crippen LogP contribution is 2.17. The first-order valence-electron chi connectivity index (χ1n) is 6.54. The number of rotatable bonds is 6. The van der Waals surface area contributed by atoms with Crippen molar-refractivity contribution in [3.63, 3.8) is 0 Å². The Morgan fingerprint density at radius 2 is 2.20 bits per heavy atom. The second-order valence-corrected chi connectivity index (χ2v) is 6.13. The van der Waals surface area contributed by atoms with Crippen LogP contribution in [-0.2, 0) is 17.7 Å². The highest BCUT2D eigenvalue weighted by molar-refractivity contribution is 7.11. The lowest BCUT2D eigenvalue weighted by Gasteiger charge is -2.11. The van der Waals surface area contributed by atoms with E-state index < -0.39 is 5.97 Å². The van der Waals surface area contributed by atoms with Crippen LogP contribution in [0.25, 0.3) is 0 Å². The molecule has 2 aromatic heterocycles. The lowest BCUT2D eigenvalue weighted by Crippen LogP contribution is -2.27. The number of hydrogen-bond acceptors (Lipinski definition) is 5. The van der Waals surface area contributed by atoms with E-state index in [0.717, 1.165) is 12.2 Å². The first-order valence-corrected chi connectivity index (χ1v) is 7.36. The van der Waals surface area contributed by atoms with Gasteiger partial charge in [0.15, 0.2) is 0 Å². The number of aryl methyl sites for hydroxylation is 1. The van der Waals surface area contributed by atoms with Crippen molar-refractivity contribution in [3.05, 3.63) is 45.5 Å². The summed E-state index contributed by atoms with van der Waals surface area (Å²) < 4.78 is 10.0. The molecule has 2 rings (SSSR count). The molecule has 4 nitrogen and oxygen atoms in total. The first kappa shape index (κ1) is 14.8. The van der Waals surface area contributed by atoms with Crippen LogP contribution in [0, 0.1) is 6.92 Å². The fourth-order valence-electron chi connectivity index (χ4n) is 1.93. The van der Waals surface area contributed by atoms with Crippen LogP contribution >= 0.6 is 11.3 Å². The molecule has 0 saturated carbocycles. The molecule has 0 bridgehead atoms. The summed E-state index contributed by atoms with van der Waals surface area (Å²) in [7, 11) is 1.34. The van der Waals surface area contributed by atoms with Crippen LogP contribution in [0.4, 0.5) is 0 Å². The predicted molar refractivity (Wildman–Crippen MR) is 79.1 cm³/mol. The standard InChI is InChI=1S/C15H19NO3S/c1-10(8-13-6-4-11(2)20-13)16-9-12-5-7-14(19-12)15(17)18-3/h4-7,10,16H,8-9H2,1-3H3. The molecule has 0 saturated heterocycles. The fourth-order valence-corrected chi connectivity index (χ4v) is 2.95. The summed E-state index contributed by atoms with van der Waals surface area (Å²) in [4.78, 5) is 14.0. The largest absolute Gasteiger partial charge is 0.463 e. The molecule has 2 aromatic rings. The summed E-state index contributed by atoms with van der Waals surface area (Å²) in [5.41, 5.74) is 0. The molecular formula is C15H19NO3S. The molecule has 108 valence electrons. The van der Waals surface area contributed by atoms with Gasteiger partial charge in [-0.25, -0.2) is 4.79 Å². The van der Waals surface area contributed by atoms with Crippen molar-refractivity contribution in [1.29, 1.82) is 0 Å². The van der Waals surface area contributed by atoms with Crippen LogP contribution in [0.2, 0.25) is 0 Å². The molecule has 1 atom stereocenters. The summed E-state index contributed by atoms with van der Waals surface area (Å²) in [6.45, 7) is 4.85. The Bertz CT molecular complexity index is 573. The van der Waals surface area contributed by atoms with Crippen molar-refractivity contribution >= 4 is 17.3 Å². The average Bonchev–Trinajstić information content (AvgIpc) is 3.05. The molecule has 5 heteroatoms. The molecule has 0 fully saturated rings. The van der Waals surface area contributed by atoms with Crippen molar-refractivity contribution in [2.45, 2.75) is 32.9 Å². The molecule has 1 N–H and O–H groups in total. The van der Waals surface area contributed by atoms with Gasteiger partial charge < -0.3 is 14.5 Å². The zero-order valence-electron chi connectivity index (χ0n) is 11.9. The van der Waals surface area contributed by atoms with Gasteiger partial charge in [0.25, 0.3) is 0 Å². The minimum absolute atomic E-state index is 0.242. The van der Waals surface area contributed by atoms with Gasteiger partial charge in [-0.3, -0.25) is 0 Å². The van der Waals surface area contributed by atoms with Gasteiger partial charge in [0.05, 0.1) is 13.7 Å². The highest BCUT2D eigenvalue weighted by Gasteiger charge is 2.12. The Balaban J connectivity index is 1.82. The minimum Gasteiger partial charge on any atom is -0.463 e. The summed E-state index contributed by atoms with van der Waals surface area (Å²) in [5, 5.41) is 3.39. The van der Waals surface area contributed by atoms with Crippen LogP contribution in [-0.4, -0.2) is 19.1 Å². The van der Waals surface area contributed by atoms with Gasteiger partial charge in [-0.2, -0.15) is 0 Å². The number of ether oxygens (including phenoxy) is 1. The Morgan fingerprint density at radius 3 is 2.85 bits per heavy atom. The molecule has 0 spiro atoms. The molecule has 0 aliphatic rings. The Hall–Kier alpha value is -1.59. The number of hydrogen-bond donors (Lipinski definition) is 1. The molecule has 1 unspecified atom stereocenters. The van der Waals surface area contributed by atoms with E-state index in [4.69, 9.17) is 4.42 Å². The summed E-state index contributed by atoms with van der Waals surface area (Å²) in [6, 6.07) is 8.08. The van der Waals surface area contributed by atoms with E-state index in [1.165, 1.54) is 16.9 Å². The molecule has 0 aromatic carbocycles. The average molecular weight is 293 g/mol. The SMILES string of the molecule is COC(=O)c1ccc(CNC(C)Cc2ccc(C)s2)o1. The van der Waals surface area contributed by atoms with Gasteiger partial charge >= 0.3 is 5.97 Å². The Morgan fingerprint density at radius 1 is 1.40 bits per heavy atom. The van der Waals surface area contributed by atoms with Crippen LogP contribution in [0.15, 0.2) is 28.7 Å². The summed E-state index contributed by atoms with van der Waals surface area (Å²) >= 11 is 1.82. The molecule has 2 heterocycles. The maximum atomic E-state index is 11.3. The predicted octanol–water partition coefficient (Wildman–Crippen LogP) is 3.16. The smallest absolute Gasteiger partial charge is 0.373 e. The van der Waals surface area contributed by atoms with Gasteiger partial charge in [0.2, 0.25) is 5.76 Å². The van der Waals surface area contributed by atoms with Crippen LogP contribution in [0.3, 0.4) is 0 Å². The van der Waals surface area contributed by atoms with Gasteiger partial charge in [0, 0.05) is 15.8 Å². The van der Waals surface area contributed by atoms with E-state index in [2.05, 4.69) is 36.0 Å². The van der Waals surface area contributed by atoms with E-state index in [1.807, 2.05) is 11.3 Å². The van der Waals surface area contributed by atoms with Crippen LogP contribution in [0.5, 0.6) is 0 Å². The Labute approximate surface area is 122 Å². The number of thiophene rings is 1. The van der Waals surface area contributed by atoms with Gasteiger partial charge in [-0.1, -0.05) is 0 Å². The van der Waals surface area contributed by atoms with Gasteiger partial charge in [0.1, 0.15) is 5.76 Å². The zero-order chi connectivity index (χ0) is 14.5. The maximum absolute atomic E-state index is 11.3. The third-order valence-electron chi connectivity index (χ3n) is 2.98. The quantitative estimate of drug-likeness (QED) is 0.831.